The number of nitrogens with zero attached hydrogens (tertiary/aromatic N) is 2. The molecule has 0 radical (unpaired) electrons. The Morgan fingerprint density at radius 3 is 2.57 bits per heavy atom. The van der Waals surface area contributed by atoms with Gasteiger partial charge in [0.15, 0.2) is 0 Å². The average Bonchev–Trinajstić information content (AvgIpc) is 2.99. The van der Waals surface area contributed by atoms with Crippen LogP contribution in [-0.2, 0) is 13.1 Å². The van der Waals surface area contributed by atoms with Gasteiger partial charge in [-0.3, -0.25) is 4.68 Å². The number of rotatable bonds is 4. The zero-order valence-corrected chi connectivity index (χ0v) is 13.1. The van der Waals surface area contributed by atoms with Crippen LogP contribution in [0.15, 0.2) is 65.4 Å². The van der Waals surface area contributed by atoms with Crippen molar-refractivity contribution in [1.82, 2.24) is 9.78 Å². The van der Waals surface area contributed by atoms with Crippen LogP contribution in [0.2, 0.25) is 0 Å². The van der Waals surface area contributed by atoms with Gasteiger partial charge >= 0.3 is 0 Å². The summed E-state index contributed by atoms with van der Waals surface area (Å²) >= 11 is 3.60. The first kappa shape index (κ1) is 14.0. The lowest BCUT2D eigenvalue weighted by molar-refractivity contribution is 0.685. The lowest BCUT2D eigenvalue weighted by Gasteiger charge is -2.06. The van der Waals surface area contributed by atoms with Crippen molar-refractivity contribution in [2.45, 2.75) is 13.1 Å². The molecule has 21 heavy (non-hydrogen) atoms. The van der Waals surface area contributed by atoms with Crippen LogP contribution in [0.25, 0.3) is 11.1 Å². The largest absolute Gasteiger partial charge is 0.326 e. The van der Waals surface area contributed by atoms with E-state index in [1.165, 1.54) is 11.1 Å². The predicted octanol–water partition coefficient (Wildman–Crippen LogP) is 3.82. The fourth-order valence-corrected chi connectivity index (χ4v) is 2.80. The van der Waals surface area contributed by atoms with E-state index in [0.717, 1.165) is 22.1 Å². The van der Waals surface area contributed by atoms with E-state index in [2.05, 4.69) is 57.6 Å². The smallest absolute Gasteiger partial charge is 0.0670 e. The van der Waals surface area contributed by atoms with Crippen molar-refractivity contribution in [3.8, 4) is 11.1 Å². The molecule has 2 aromatic carbocycles. The molecule has 3 rings (SSSR count). The molecule has 4 heteroatoms. The van der Waals surface area contributed by atoms with E-state index in [9.17, 15) is 0 Å². The van der Waals surface area contributed by atoms with Crippen LogP contribution >= 0.6 is 15.9 Å². The molecule has 0 saturated heterocycles. The predicted molar refractivity (Wildman–Crippen MR) is 88.8 cm³/mol. The van der Waals surface area contributed by atoms with Crippen molar-refractivity contribution in [2.75, 3.05) is 0 Å². The van der Waals surface area contributed by atoms with E-state index in [1.54, 1.807) is 0 Å². The quantitative estimate of drug-likeness (QED) is 0.783. The monoisotopic (exact) mass is 341 g/mol. The molecule has 0 atom stereocenters. The molecule has 0 bridgehead atoms. The highest BCUT2D eigenvalue weighted by Gasteiger charge is 2.05. The van der Waals surface area contributed by atoms with Gasteiger partial charge in [-0.2, -0.15) is 5.10 Å². The van der Waals surface area contributed by atoms with Gasteiger partial charge in [-0.05, 0) is 22.8 Å². The Balaban J connectivity index is 1.82. The Bertz CT molecular complexity index is 735. The Hall–Kier alpha value is -1.91. The maximum Gasteiger partial charge on any atom is 0.0670 e. The van der Waals surface area contributed by atoms with Gasteiger partial charge in [0.25, 0.3) is 0 Å². The van der Waals surface area contributed by atoms with Crippen molar-refractivity contribution in [3.05, 3.63) is 76.5 Å². The van der Waals surface area contributed by atoms with Crippen molar-refractivity contribution in [1.29, 1.82) is 0 Å². The van der Waals surface area contributed by atoms with Crippen LogP contribution in [0, 0.1) is 0 Å². The summed E-state index contributed by atoms with van der Waals surface area (Å²) in [7, 11) is 0. The molecule has 0 aliphatic rings. The van der Waals surface area contributed by atoms with Crippen molar-refractivity contribution in [3.63, 3.8) is 0 Å². The number of halogens is 1. The second-order valence-electron chi connectivity index (χ2n) is 4.92. The van der Waals surface area contributed by atoms with Crippen LogP contribution in [0.5, 0.6) is 0 Å². The number of hydrogen-bond donors (Lipinski definition) is 1. The third-order valence-corrected chi connectivity index (χ3v) is 4.16. The number of aromatic nitrogens is 2. The first-order valence-corrected chi connectivity index (χ1v) is 7.61. The van der Waals surface area contributed by atoms with Crippen molar-refractivity contribution >= 4 is 15.9 Å². The normalized spacial score (nSPS) is 10.8. The molecule has 0 spiro atoms. The molecular weight excluding hydrogens is 326 g/mol. The van der Waals surface area contributed by atoms with Crippen LogP contribution < -0.4 is 5.73 Å². The second-order valence-corrected chi connectivity index (χ2v) is 5.78. The zero-order valence-electron chi connectivity index (χ0n) is 11.5. The molecule has 1 aromatic heterocycles. The van der Waals surface area contributed by atoms with Gasteiger partial charge in [-0.25, -0.2) is 0 Å². The highest BCUT2D eigenvalue weighted by molar-refractivity contribution is 9.10. The first-order valence-electron chi connectivity index (χ1n) is 6.81. The highest BCUT2D eigenvalue weighted by Crippen LogP contribution is 2.21. The molecule has 0 aliphatic heterocycles. The van der Waals surface area contributed by atoms with Gasteiger partial charge in [0.1, 0.15) is 0 Å². The van der Waals surface area contributed by atoms with Gasteiger partial charge in [-0.15, -0.1) is 0 Å². The summed E-state index contributed by atoms with van der Waals surface area (Å²) in [5.74, 6) is 0. The Labute approximate surface area is 132 Å². The molecule has 3 nitrogen and oxygen atoms in total. The van der Waals surface area contributed by atoms with Gasteiger partial charge < -0.3 is 5.73 Å². The number of nitrogens with two attached hydrogens (primary N) is 1. The third-order valence-electron chi connectivity index (χ3n) is 3.43. The Kier molecular flexibility index (Phi) is 4.18. The van der Waals surface area contributed by atoms with E-state index in [-0.39, 0.29) is 0 Å². The minimum Gasteiger partial charge on any atom is -0.326 e. The fourth-order valence-electron chi connectivity index (χ4n) is 2.25. The lowest BCUT2D eigenvalue weighted by atomic mass is 10.1. The molecule has 3 aromatic rings. The van der Waals surface area contributed by atoms with Gasteiger partial charge in [0.2, 0.25) is 0 Å². The van der Waals surface area contributed by atoms with Crippen LogP contribution in [0.1, 0.15) is 11.1 Å². The molecule has 1 heterocycles. The summed E-state index contributed by atoms with van der Waals surface area (Å²) < 4.78 is 3.02. The molecular formula is C17H16BrN3. The standard InChI is InChI=1S/C17H16BrN3/c18-17-8-13(9-19)6-7-15(17)11-21-12-16(10-20-21)14-4-2-1-3-5-14/h1-8,10,12H,9,11,19H2. The lowest BCUT2D eigenvalue weighted by Crippen LogP contribution is -2.02. The molecule has 0 amide bonds. The maximum absolute atomic E-state index is 5.65. The van der Waals surface area contributed by atoms with Crippen molar-refractivity contribution < 1.29 is 0 Å². The molecule has 106 valence electrons. The van der Waals surface area contributed by atoms with Gasteiger partial charge in [0, 0.05) is 22.8 Å². The molecule has 0 unspecified atom stereocenters. The molecule has 2 N–H and O–H groups in total. The van der Waals surface area contributed by atoms with E-state index < -0.39 is 0 Å². The number of benzene rings is 2. The number of hydrogen-bond acceptors (Lipinski definition) is 2. The van der Waals surface area contributed by atoms with E-state index in [0.29, 0.717) is 6.54 Å². The highest BCUT2D eigenvalue weighted by atomic mass is 79.9. The molecule has 0 fully saturated rings. The van der Waals surface area contributed by atoms with Gasteiger partial charge in [-0.1, -0.05) is 58.4 Å². The summed E-state index contributed by atoms with van der Waals surface area (Å²) in [5.41, 5.74) is 10.3. The minimum atomic E-state index is 0.554. The van der Waals surface area contributed by atoms with Crippen molar-refractivity contribution in [2.24, 2.45) is 5.73 Å². The second kappa shape index (κ2) is 6.24. The van der Waals surface area contributed by atoms with Gasteiger partial charge in [0.05, 0.1) is 12.7 Å². The maximum atomic E-state index is 5.65. The average molecular weight is 342 g/mol. The zero-order chi connectivity index (χ0) is 14.7. The van der Waals surface area contributed by atoms with Crippen LogP contribution in [0.3, 0.4) is 0 Å². The Morgan fingerprint density at radius 2 is 1.86 bits per heavy atom. The SMILES string of the molecule is NCc1ccc(Cn2cc(-c3ccccc3)cn2)c(Br)c1. The van der Waals surface area contributed by atoms with Crippen LogP contribution in [0.4, 0.5) is 0 Å². The fraction of sp³-hybridized carbons (Fsp3) is 0.118. The first-order chi connectivity index (χ1) is 10.3. The summed E-state index contributed by atoms with van der Waals surface area (Å²) in [5, 5.41) is 4.44. The third kappa shape index (κ3) is 3.23. The van der Waals surface area contributed by atoms with Crippen LogP contribution in [-0.4, -0.2) is 9.78 Å². The van der Waals surface area contributed by atoms with E-state index in [1.807, 2.05) is 29.1 Å². The summed E-state index contributed by atoms with van der Waals surface area (Å²) in [4.78, 5) is 0. The molecule has 0 aliphatic carbocycles. The van der Waals surface area contributed by atoms with E-state index >= 15 is 0 Å². The summed E-state index contributed by atoms with van der Waals surface area (Å²) in [6.07, 6.45) is 3.97. The summed E-state index contributed by atoms with van der Waals surface area (Å²) in [6, 6.07) is 16.5. The summed E-state index contributed by atoms with van der Waals surface area (Å²) in [6.45, 7) is 1.29. The topological polar surface area (TPSA) is 43.8 Å². The molecule has 0 saturated carbocycles. The Morgan fingerprint density at radius 1 is 1.05 bits per heavy atom. The van der Waals surface area contributed by atoms with E-state index in [4.69, 9.17) is 5.73 Å². The minimum absolute atomic E-state index is 0.554.